The molecule has 23 heavy (non-hydrogen) atoms. The Labute approximate surface area is 136 Å². The number of rotatable bonds is 3. The molecule has 2 atom stereocenters. The lowest BCUT2D eigenvalue weighted by molar-refractivity contribution is -0.143. The van der Waals surface area contributed by atoms with Crippen molar-refractivity contribution in [2.75, 3.05) is 12.5 Å². The van der Waals surface area contributed by atoms with Crippen LogP contribution in [-0.4, -0.2) is 24.4 Å². The molecular weight excluding hydrogens is 290 g/mol. The Kier molecular flexibility index (Phi) is 3.36. The number of benzene rings is 1. The van der Waals surface area contributed by atoms with E-state index in [1.165, 1.54) is 0 Å². The molecule has 2 unspecified atom stereocenters. The zero-order valence-electron chi connectivity index (χ0n) is 14.1. The fraction of sp³-hybridized carbons (Fsp3) is 0.500. The number of anilines is 1. The Morgan fingerprint density at radius 3 is 2.39 bits per heavy atom. The van der Waals surface area contributed by atoms with Crippen molar-refractivity contribution in [2.24, 2.45) is 21.3 Å². The molecule has 0 aliphatic heterocycles. The second-order valence-electron chi connectivity index (χ2n) is 7.21. The maximum absolute atomic E-state index is 13.1. The first kappa shape index (κ1) is 15.7. The van der Waals surface area contributed by atoms with Crippen LogP contribution in [0.25, 0.3) is 0 Å². The van der Waals surface area contributed by atoms with Gasteiger partial charge in [0.05, 0.1) is 5.69 Å². The summed E-state index contributed by atoms with van der Waals surface area (Å²) in [6, 6.07) is 9.52. The molecule has 1 amide bonds. The minimum atomic E-state index is -1.01. The minimum absolute atomic E-state index is 0.140. The molecule has 0 aromatic heterocycles. The normalized spacial score (nSPS) is 33.0. The maximum atomic E-state index is 13.1. The van der Waals surface area contributed by atoms with Crippen LogP contribution in [0.3, 0.4) is 0 Å². The molecule has 0 saturated heterocycles. The van der Waals surface area contributed by atoms with Gasteiger partial charge in [0.1, 0.15) is 11.1 Å². The molecule has 1 aromatic rings. The summed E-state index contributed by atoms with van der Waals surface area (Å²) in [5, 5.41) is 7.11. The smallest absolute Gasteiger partial charge is 0.234 e. The van der Waals surface area contributed by atoms with Gasteiger partial charge in [-0.2, -0.15) is 5.10 Å². The van der Waals surface area contributed by atoms with Crippen molar-refractivity contribution in [3.63, 3.8) is 0 Å². The molecule has 1 aromatic carbocycles. The van der Waals surface area contributed by atoms with Crippen LogP contribution in [0.4, 0.5) is 5.69 Å². The fourth-order valence-corrected chi connectivity index (χ4v) is 4.32. The summed E-state index contributed by atoms with van der Waals surface area (Å²) in [6.07, 6.45) is 1.37. The Bertz CT molecular complexity index is 695. The summed E-state index contributed by atoms with van der Waals surface area (Å²) < 4.78 is 0. The van der Waals surface area contributed by atoms with Crippen molar-refractivity contribution in [1.82, 2.24) is 5.32 Å². The molecule has 2 N–H and O–H groups in total. The number of nitrogens with zero attached hydrogens (tertiary/aromatic N) is 1. The molecule has 2 fully saturated rings. The molecule has 122 valence electrons. The lowest BCUT2D eigenvalue weighted by Gasteiger charge is -2.37. The van der Waals surface area contributed by atoms with E-state index in [0.29, 0.717) is 12.1 Å². The van der Waals surface area contributed by atoms with Gasteiger partial charge in [-0.05, 0) is 30.4 Å². The highest BCUT2D eigenvalue weighted by atomic mass is 16.2. The Balaban J connectivity index is 2.04. The maximum Gasteiger partial charge on any atom is 0.234 e. The van der Waals surface area contributed by atoms with Gasteiger partial charge in [0.25, 0.3) is 0 Å². The van der Waals surface area contributed by atoms with E-state index < -0.39 is 16.2 Å². The largest absolute Gasteiger partial charge is 0.358 e. The van der Waals surface area contributed by atoms with E-state index in [4.69, 9.17) is 0 Å². The van der Waals surface area contributed by atoms with Gasteiger partial charge in [-0.15, -0.1) is 0 Å². The van der Waals surface area contributed by atoms with Crippen LogP contribution >= 0.6 is 0 Å². The molecule has 3 rings (SSSR count). The van der Waals surface area contributed by atoms with Crippen molar-refractivity contribution in [2.45, 2.75) is 33.6 Å². The molecule has 2 bridgehead atoms. The number of Topliss-reactive ketones (excluding diaryl/α,β-unsaturated/α-hetero) is 1. The molecule has 0 spiro atoms. The summed E-state index contributed by atoms with van der Waals surface area (Å²) in [5.41, 5.74) is 2.41. The number of hydrogen-bond donors (Lipinski definition) is 2. The van der Waals surface area contributed by atoms with E-state index in [-0.39, 0.29) is 11.7 Å². The molecule has 5 heteroatoms. The summed E-state index contributed by atoms with van der Waals surface area (Å²) in [5.74, 6) is -0.333. The number of hydrogen-bond acceptors (Lipinski definition) is 4. The second kappa shape index (κ2) is 4.91. The van der Waals surface area contributed by atoms with Crippen molar-refractivity contribution in [1.29, 1.82) is 0 Å². The van der Waals surface area contributed by atoms with Gasteiger partial charge in [-0.25, -0.2) is 0 Å². The lowest BCUT2D eigenvalue weighted by Crippen LogP contribution is -2.49. The third kappa shape index (κ3) is 1.76. The standard InChI is InChI=1S/C18H23N3O2/c1-16(2)17(3)10-11-18(16,15(23)19-4)14(22)13(17)21-20-12-8-6-5-7-9-12/h5-9,20H,10-11H2,1-4H3,(H,19,23). The van der Waals surface area contributed by atoms with Gasteiger partial charge in [0.15, 0.2) is 5.78 Å². The number of carbonyl (C=O) groups is 2. The summed E-state index contributed by atoms with van der Waals surface area (Å²) >= 11 is 0. The predicted octanol–water partition coefficient (Wildman–Crippen LogP) is 2.60. The number of hydrazone groups is 1. The molecule has 0 radical (unpaired) electrons. The highest BCUT2D eigenvalue weighted by Gasteiger charge is 2.76. The third-order valence-corrected chi connectivity index (χ3v) is 6.26. The van der Waals surface area contributed by atoms with Crippen LogP contribution in [0.1, 0.15) is 33.6 Å². The molecule has 2 saturated carbocycles. The number of ketones is 1. The molecule has 2 aliphatic rings. The van der Waals surface area contributed by atoms with Crippen molar-refractivity contribution < 1.29 is 9.59 Å². The monoisotopic (exact) mass is 313 g/mol. The summed E-state index contributed by atoms with van der Waals surface area (Å²) in [6.45, 7) is 6.07. The summed E-state index contributed by atoms with van der Waals surface area (Å²) in [4.78, 5) is 25.7. The fourth-order valence-electron chi connectivity index (χ4n) is 4.32. The molecule has 2 aliphatic carbocycles. The number of para-hydroxylation sites is 1. The molecule has 0 heterocycles. The van der Waals surface area contributed by atoms with Gasteiger partial charge < -0.3 is 5.32 Å². The first-order valence-electron chi connectivity index (χ1n) is 7.97. The average molecular weight is 313 g/mol. The first-order chi connectivity index (χ1) is 10.8. The van der Waals surface area contributed by atoms with Crippen LogP contribution in [0, 0.1) is 16.2 Å². The number of carbonyl (C=O) groups excluding carboxylic acids is 2. The Hall–Kier alpha value is -2.17. The summed E-state index contributed by atoms with van der Waals surface area (Å²) in [7, 11) is 1.59. The number of amides is 1. The van der Waals surface area contributed by atoms with Crippen molar-refractivity contribution in [3.05, 3.63) is 30.3 Å². The van der Waals surface area contributed by atoms with Gasteiger partial charge in [-0.1, -0.05) is 39.0 Å². The van der Waals surface area contributed by atoms with Crippen LogP contribution in [-0.2, 0) is 9.59 Å². The zero-order valence-corrected chi connectivity index (χ0v) is 14.1. The predicted molar refractivity (Wildman–Crippen MR) is 90.1 cm³/mol. The van der Waals surface area contributed by atoms with Gasteiger partial charge in [0, 0.05) is 12.5 Å². The topological polar surface area (TPSA) is 70.6 Å². The molecular formula is C18H23N3O2. The van der Waals surface area contributed by atoms with Gasteiger partial charge in [0.2, 0.25) is 5.91 Å². The highest BCUT2D eigenvalue weighted by Crippen LogP contribution is 2.69. The molecule has 5 nitrogen and oxygen atoms in total. The van der Waals surface area contributed by atoms with Crippen molar-refractivity contribution >= 4 is 23.1 Å². The van der Waals surface area contributed by atoms with E-state index in [0.717, 1.165) is 12.1 Å². The van der Waals surface area contributed by atoms with Crippen LogP contribution < -0.4 is 10.7 Å². The third-order valence-electron chi connectivity index (χ3n) is 6.26. The minimum Gasteiger partial charge on any atom is -0.358 e. The highest BCUT2D eigenvalue weighted by molar-refractivity contribution is 6.50. The Morgan fingerprint density at radius 2 is 1.78 bits per heavy atom. The van der Waals surface area contributed by atoms with E-state index in [2.05, 4.69) is 15.8 Å². The van der Waals surface area contributed by atoms with Crippen molar-refractivity contribution in [3.8, 4) is 0 Å². The Morgan fingerprint density at radius 1 is 1.13 bits per heavy atom. The number of fused-ring (bicyclic) bond motifs is 2. The number of nitrogens with one attached hydrogen (secondary N) is 2. The van der Waals surface area contributed by atoms with Gasteiger partial charge >= 0.3 is 0 Å². The quantitative estimate of drug-likeness (QED) is 0.665. The van der Waals surface area contributed by atoms with Gasteiger partial charge in [-0.3, -0.25) is 15.0 Å². The van der Waals surface area contributed by atoms with E-state index >= 15 is 0 Å². The lowest BCUT2D eigenvalue weighted by atomic mass is 9.64. The van der Waals surface area contributed by atoms with E-state index in [1.54, 1.807) is 7.05 Å². The van der Waals surface area contributed by atoms with E-state index in [9.17, 15) is 9.59 Å². The SMILES string of the molecule is CNC(=O)C12CCC(C)(C(=NNc3ccccc3)C1=O)C2(C)C. The van der Waals surface area contributed by atoms with Crippen LogP contribution in [0.2, 0.25) is 0 Å². The van der Waals surface area contributed by atoms with E-state index in [1.807, 2.05) is 51.1 Å². The average Bonchev–Trinajstić information content (AvgIpc) is 2.82. The first-order valence-corrected chi connectivity index (χ1v) is 7.97. The van der Waals surface area contributed by atoms with Crippen LogP contribution in [0.15, 0.2) is 35.4 Å². The second-order valence-corrected chi connectivity index (χ2v) is 7.21. The zero-order chi connectivity index (χ0) is 16.9. The van der Waals surface area contributed by atoms with Crippen LogP contribution in [0.5, 0.6) is 0 Å².